The first kappa shape index (κ1) is 19.0. The molecule has 0 saturated heterocycles. The van der Waals surface area contributed by atoms with Crippen molar-refractivity contribution in [2.45, 2.75) is 5.22 Å². The maximum Gasteiger partial charge on any atom is 0.294 e. The summed E-state index contributed by atoms with van der Waals surface area (Å²) in [5, 5.41) is 22.9. The minimum atomic E-state index is -0.611. The van der Waals surface area contributed by atoms with Crippen LogP contribution in [0.4, 0.5) is 11.4 Å². The van der Waals surface area contributed by atoms with E-state index in [0.29, 0.717) is 5.89 Å². The Morgan fingerprint density at radius 2 is 2.10 bits per heavy atom. The lowest BCUT2D eigenvalue weighted by Crippen LogP contribution is -2.15. The SMILES string of the molecule is O=C(CSc1nnc(-c2c[nH]c3ccccc23)o1)Nc1ccc(Cl)cc1[N+](=O)[O-]. The average molecular weight is 430 g/mol. The van der Waals surface area contributed by atoms with Gasteiger partial charge in [-0.3, -0.25) is 14.9 Å². The Morgan fingerprint density at radius 3 is 2.93 bits per heavy atom. The van der Waals surface area contributed by atoms with E-state index in [4.69, 9.17) is 16.0 Å². The molecular formula is C18H12ClN5O4S. The zero-order valence-electron chi connectivity index (χ0n) is 14.6. The van der Waals surface area contributed by atoms with Gasteiger partial charge in [0.2, 0.25) is 5.91 Å². The number of aromatic amines is 1. The zero-order valence-corrected chi connectivity index (χ0v) is 16.2. The topological polar surface area (TPSA) is 127 Å². The van der Waals surface area contributed by atoms with Gasteiger partial charge in [-0.15, -0.1) is 10.2 Å². The number of hydrogen-bond donors (Lipinski definition) is 2. The number of nitrogens with zero attached hydrogens (tertiary/aromatic N) is 3. The third kappa shape index (κ3) is 4.08. The van der Waals surface area contributed by atoms with E-state index in [9.17, 15) is 14.9 Å². The number of amides is 1. The van der Waals surface area contributed by atoms with Gasteiger partial charge >= 0.3 is 0 Å². The maximum atomic E-state index is 12.2. The summed E-state index contributed by atoms with van der Waals surface area (Å²) < 4.78 is 5.63. The molecule has 2 N–H and O–H groups in total. The van der Waals surface area contributed by atoms with Crippen molar-refractivity contribution < 1.29 is 14.1 Å². The highest BCUT2D eigenvalue weighted by Gasteiger charge is 2.18. The highest BCUT2D eigenvalue weighted by atomic mass is 35.5. The van der Waals surface area contributed by atoms with Gasteiger partial charge in [-0.2, -0.15) is 0 Å². The van der Waals surface area contributed by atoms with Crippen LogP contribution in [0, 0.1) is 10.1 Å². The second-order valence-corrected chi connectivity index (χ2v) is 7.24. The van der Waals surface area contributed by atoms with Gasteiger partial charge < -0.3 is 14.7 Å². The fourth-order valence-corrected chi connectivity index (χ4v) is 3.43. The number of carbonyl (C=O) groups excluding carboxylic acids is 1. The molecule has 4 rings (SSSR count). The molecule has 0 saturated carbocycles. The van der Waals surface area contributed by atoms with Crippen LogP contribution in [0.2, 0.25) is 5.02 Å². The molecule has 146 valence electrons. The number of fused-ring (bicyclic) bond motifs is 1. The second-order valence-electron chi connectivity index (χ2n) is 5.88. The summed E-state index contributed by atoms with van der Waals surface area (Å²) in [6, 6.07) is 11.7. The maximum absolute atomic E-state index is 12.2. The number of nitrogens with one attached hydrogen (secondary N) is 2. The minimum Gasteiger partial charge on any atom is -0.411 e. The summed E-state index contributed by atoms with van der Waals surface area (Å²) >= 11 is 6.80. The third-order valence-corrected chi connectivity index (χ3v) is 5.04. The lowest BCUT2D eigenvalue weighted by atomic mass is 10.2. The van der Waals surface area contributed by atoms with Crippen LogP contribution in [0.25, 0.3) is 22.4 Å². The Bertz CT molecular complexity index is 1220. The van der Waals surface area contributed by atoms with Crippen LogP contribution in [-0.2, 0) is 4.79 Å². The zero-order chi connectivity index (χ0) is 20.4. The molecule has 0 fully saturated rings. The summed E-state index contributed by atoms with van der Waals surface area (Å²) in [4.78, 5) is 25.8. The normalized spacial score (nSPS) is 10.9. The summed E-state index contributed by atoms with van der Waals surface area (Å²) in [6.07, 6.45) is 1.78. The molecule has 9 nitrogen and oxygen atoms in total. The largest absolute Gasteiger partial charge is 0.411 e. The number of H-pyrrole nitrogens is 1. The van der Waals surface area contributed by atoms with Crippen LogP contribution in [0.15, 0.2) is 58.3 Å². The smallest absolute Gasteiger partial charge is 0.294 e. The van der Waals surface area contributed by atoms with Gasteiger partial charge in [-0.05, 0) is 18.2 Å². The van der Waals surface area contributed by atoms with Crippen LogP contribution >= 0.6 is 23.4 Å². The van der Waals surface area contributed by atoms with E-state index < -0.39 is 10.8 Å². The molecule has 1 amide bonds. The summed E-state index contributed by atoms with van der Waals surface area (Å²) in [7, 11) is 0. The van der Waals surface area contributed by atoms with E-state index in [-0.39, 0.29) is 27.4 Å². The van der Waals surface area contributed by atoms with Crippen molar-refractivity contribution in [3.63, 3.8) is 0 Å². The third-order valence-electron chi connectivity index (χ3n) is 3.98. The van der Waals surface area contributed by atoms with Gasteiger partial charge in [-0.25, -0.2) is 0 Å². The molecule has 11 heteroatoms. The molecule has 0 aliphatic rings. The number of benzene rings is 2. The quantitative estimate of drug-likeness (QED) is 0.262. The molecule has 0 atom stereocenters. The van der Waals surface area contributed by atoms with Crippen LogP contribution in [0.5, 0.6) is 0 Å². The van der Waals surface area contributed by atoms with Crippen molar-refractivity contribution in [2.75, 3.05) is 11.1 Å². The first-order valence-corrected chi connectivity index (χ1v) is 9.64. The number of anilines is 1. The standard InChI is InChI=1S/C18H12ClN5O4S/c19-10-5-6-14(15(7-10)24(26)27)21-16(25)9-29-18-23-22-17(28-18)12-8-20-13-4-2-1-3-11(12)13/h1-8,20H,9H2,(H,21,25). The molecule has 0 aliphatic carbocycles. The van der Waals surface area contributed by atoms with Gasteiger partial charge in [0.05, 0.1) is 16.2 Å². The predicted octanol–water partition coefficient (Wildman–Crippen LogP) is 4.51. The monoisotopic (exact) mass is 429 g/mol. The summed E-state index contributed by atoms with van der Waals surface area (Å²) in [5.74, 6) is -0.180. The first-order chi connectivity index (χ1) is 14.0. The van der Waals surface area contributed by atoms with Gasteiger partial charge in [0.1, 0.15) is 5.69 Å². The molecule has 0 radical (unpaired) electrons. The predicted molar refractivity (Wildman–Crippen MR) is 109 cm³/mol. The molecule has 0 aliphatic heterocycles. The highest BCUT2D eigenvalue weighted by molar-refractivity contribution is 7.99. The van der Waals surface area contributed by atoms with Crippen molar-refractivity contribution in [2.24, 2.45) is 0 Å². The van der Waals surface area contributed by atoms with Crippen LogP contribution in [0.1, 0.15) is 0 Å². The number of nitro benzene ring substituents is 1. The van der Waals surface area contributed by atoms with Gasteiger partial charge in [-0.1, -0.05) is 41.6 Å². The van der Waals surface area contributed by atoms with E-state index in [1.165, 1.54) is 18.2 Å². The van der Waals surface area contributed by atoms with Gasteiger partial charge in [0.15, 0.2) is 0 Å². The number of nitro groups is 1. The number of para-hydroxylation sites is 1. The Hall–Kier alpha value is -3.37. The number of carbonyl (C=O) groups is 1. The molecule has 29 heavy (non-hydrogen) atoms. The van der Waals surface area contributed by atoms with E-state index in [1.54, 1.807) is 6.20 Å². The van der Waals surface area contributed by atoms with Crippen molar-refractivity contribution in [1.29, 1.82) is 0 Å². The number of hydrogen-bond acceptors (Lipinski definition) is 7. The lowest BCUT2D eigenvalue weighted by Gasteiger charge is -2.05. The van der Waals surface area contributed by atoms with E-state index in [2.05, 4.69) is 20.5 Å². The molecule has 2 aromatic heterocycles. The second kappa shape index (κ2) is 7.94. The van der Waals surface area contributed by atoms with E-state index in [1.807, 2.05) is 24.3 Å². The van der Waals surface area contributed by atoms with Crippen molar-refractivity contribution >= 4 is 51.5 Å². The Balaban J connectivity index is 1.43. The minimum absolute atomic E-state index is 0.0602. The molecule has 0 unspecified atom stereocenters. The molecular weight excluding hydrogens is 418 g/mol. The Labute approximate surface area is 172 Å². The highest BCUT2D eigenvalue weighted by Crippen LogP contribution is 2.30. The number of thioether (sulfide) groups is 1. The van der Waals surface area contributed by atoms with Crippen molar-refractivity contribution in [3.8, 4) is 11.5 Å². The van der Waals surface area contributed by atoms with Gasteiger partial charge in [0, 0.05) is 28.2 Å². The van der Waals surface area contributed by atoms with Crippen molar-refractivity contribution in [3.05, 3.63) is 63.8 Å². The average Bonchev–Trinajstić information content (AvgIpc) is 3.34. The fourth-order valence-electron chi connectivity index (χ4n) is 2.70. The van der Waals surface area contributed by atoms with Crippen LogP contribution in [-0.4, -0.2) is 31.8 Å². The molecule has 0 spiro atoms. The fraction of sp³-hybridized carbons (Fsp3) is 0.0556. The lowest BCUT2D eigenvalue weighted by molar-refractivity contribution is -0.383. The van der Waals surface area contributed by atoms with E-state index >= 15 is 0 Å². The first-order valence-electron chi connectivity index (χ1n) is 8.28. The number of aromatic nitrogens is 3. The molecule has 2 aromatic carbocycles. The van der Waals surface area contributed by atoms with E-state index in [0.717, 1.165) is 28.2 Å². The molecule has 0 bridgehead atoms. The van der Waals surface area contributed by atoms with Crippen LogP contribution < -0.4 is 5.32 Å². The Morgan fingerprint density at radius 1 is 1.28 bits per heavy atom. The summed E-state index contributed by atoms with van der Waals surface area (Å²) in [5.41, 5.74) is 1.49. The summed E-state index contributed by atoms with van der Waals surface area (Å²) in [6.45, 7) is 0. The number of halogens is 1. The molecule has 4 aromatic rings. The number of rotatable bonds is 6. The van der Waals surface area contributed by atoms with Gasteiger partial charge in [0.25, 0.3) is 16.8 Å². The Kier molecular flexibility index (Phi) is 5.19. The van der Waals surface area contributed by atoms with Crippen LogP contribution in [0.3, 0.4) is 0 Å². The van der Waals surface area contributed by atoms with Crippen molar-refractivity contribution in [1.82, 2.24) is 15.2 Å². The molecule has 2 heterocycles.